The third kappa shape index (κ3) is 2.86. The van der Waals surface area contributed by atoms with Gasteiger partial charge in [-0.25, -0.2) is 9.18 Å². The van der Waals surface area contributed by atoms with Crippen molar-refractivity contribution in [2.45, 2.75) is 25.3 Å². The van der Waals surface area contributed by atoms with Gasteiger partial charge in [-0.3, -0.25) is 14.5 Å². The summed E-state index contributed by atoms with van der Waals surface area (Å²) in [6, 6.07) is 5.12. The molecule has 0 bridgehead atoms. The Morgan fingerprint density at radius 3 is 2.67 bits per heavy atom. The van der Waals surface area contributed by atoms with Gasteiger partial charge in [-0.2, -0.15) is 0 Å². The number of imide groups is 1. The van der Waals surface area contributed by atoms with Crippen LogP contribution < -0.4 is 5.32 Å². The third-order valence-corrected chi connectivity index (χ3v) is 4.64. The van der Waals surface area contributed by atoms with Crippen LogP contribution in [0.3, 0.4) is 0 Å². The molecule has 128 valence electrons. The van der Waals surface area contributed by atoms with E-state index in [1.807, 2.05) is 0 Å². The lowest BCUT2D eigenvalue weighted by atomic mass is 9.91. The highest BCUT2D eigenvalue weighted by atomic mass is 19.1. The van der Waals surface area contributed by atoms with Gasteiger partial charge in [0, 0.05) is 19.2 Å². The monoisotopic (exact) mass is 333 g/mol. The minimum atomic E-state index is -1.50. The lowest BCUT2D eigenvalue weighted by Gasteiger charge is -2.23. The fourth-order valence-electron chi connectivity index (χ4n) is 2.94. The van der Waals surface area contributed by atoms with Gasteiger partial charge >= 0.3 is 6.03 Å². The number of likely N-dealkylation sites (N-methyl/N-ethyl adjacent to an activating group) is 1. The highest BCUT2D eigenvalue weighted by Gasteiger charge is 2.50. The van der Waals surface area contributed by atoms with E-state index in [2.05, 4.69) is 5.32 Å². The van der Waals surface area contributed by atoms with E-state index in [-0.39, 0.29) is 18.0 Å². The molecule has 0 spiro atoms. The first-order valence-electron chi connectivity index (χ1n) is 7.96. The lowest BCUT2D eigenvalue weighted by Crippen LogP contribution is -2.44. The molecule has 1 aliphatic heterocycles. The van der Waals surface area contributed by atoms with Crippen molar-refractivity contribution in [3.8, 4) is 0 Å². The van der Waals surface area contributed by atoms with Crippen molar-refractivity contribution in [2.75, 3.05) is 20.1 Å². The second-order valence-corrected chi connectivity index (χ2v) is 6.64. The van der Waals surface area contributed by atoms with Crippen molar-refractivity contribution >= 4 is 17.8 Å². The molecule has 0 aromatic heterocycles. The molecule has 1 N–H and O–H groups in total. The van der Waals surface area contributed by atoms with Gasteiger partial charge in [0.15, 0.2) is 0 Å². The van der Waals surface area contributed by atoms with Gasteiger partial charge in [0.25, 0.3) is 5.91 Å². The standard InChI is InChI=1S/C17H20FN3O3/c1-17(12-5-3-4-6-13(12)18)15(23)21(16(24)19-17)10-14(22)20(2)9-11-7-8-11/h3-6,11H,7-10H2,1-2H3,(H,19,24). The number of amides is 4. The van der Waals surface area contributed by atoms with Gasteiger partial charge in [0.05, 0.1) is 0 Å². The topological polar surface area (TPSA) is 69.7 Å². The molecule has 4 amide bonds. The number of nitrogens with zero attached hydrogens (tertiary/aromatic N) is 2. The molecule has 1 heterocycles. The van der Waals surface area contributed by atoms with E-state index in [0.717, 1.165) is 17.7 Å². The predicted molar refractivity (Wildman–Crippen MR) is 84.4 cm³/mol. The number of carbonyl (C=O) groups is 3. The molecule has 1 saturated heterocycles. The van der Waals surface area contributed by atoms with Gasteiger partial charge in [0.2, 0.25) is 5.91 Å². The second kappa shape index (κ2) is 5.89. The van der Waals surface area contributed by atoms with E-state index >= 15 is 0 Å². The van der Waals surface area contributed by atoms with Crippen molar-refractivity contribution in [3.05, 3.63) is 35.6 Å². The van der Waals surface area contributed by atoms with Crippen molar-refractivity contribution < 1.29 is 18.8 Å². The molecule has 2 aliphatic rings. The average molecular weight is 333 g/mol. The van der Waals surface area contributed by atoms with E-state index in [0.29, 0.717) is 12.5 Å². The number of rotatable bonds is 5. The first-order chi connectivity index (χ1) is 11.3. The second-order valence-electron chi connectivity index (χ2n) is 6.64. The summed E-state index contributed by atoms with van der Waals surface area (Å²) in [5, 5.41) is 2.51. The number of nitrogens with one attached hydrogen (secondary N) is 1. The number of benzene rings is 1. The van der Waals surface area contributed by atoms with Crippen LogP contribution in [0.4, 0.5) is 9.18 Å². The first kappa shape index (κ1) is 16.4. The zero-order chi connectivity index (χ0) is 17.5. The summed E-state index contributed by atoms with van der Waals surface area (Å²) >= 11 is 0. The maximum absolute atomic E-state index is 14.1. The molecule has 6 nitrogen and oxygen atoms in total. The molecule has 0 radical (unpaired) electrons. The van der Waals surface area contributed by atoms with Crippen LogP contribution >= 0.6 is 0 Å². The number of halogens is 1. The summed E-state index contributed by atoms with van der Waals surface area (Å²) < 4.78 is 14.1. The molecule has 1 saturated carbocycles. The number of hydrogen-bond acceptors (Lipinski definition) is 3. The van der Waals surface area contributed by atoms with E-state index < -0.39 is 23.3 Å². The van der Waals surface area contributed by atoms with Crippen LogP contribution in [0.2, 0.25) is 0 Å². The molecule has 2 fully saturated rings. The summed E-state index contributed by atoms with van der Waals surface area (Å²) in [5.74, 6) is -0.979. The molecule has 3 rings (SSSR count). The SMILES string of the molecule is CN(CC1CC1)C(=O)CN1C(=O)NC(C)(c2ccccc2F)C1=O. The van der Waals surface area contributed by atoms with Crippen molar-refractivity contribution in [3.63, 3.8) is 0 Å². The zero-order valence-corrected chi connectivity index (χ0v) is 13.7. The number of urea groups is 1. The van der Waals surface area contributed by atoms with E-state index in [1.54, 1.807) is 13.1 Å². The Kier molecular flexibility index (Phi) is 4.03. The summed E-state index contributed by atoms with van der Waals surface area (Å²) in [4.78, 5) is 39.5. The molecule has 1 aliphatic carbocycles. The van der Waals surface area contributed by atoms with E-state index in [4.69, 9.17) is 0 Å². The van der Waals surface area contributed by atoms with E-state index in [9.17, 15) is 18.8 Å². The van der Waals surface area contributed by atoms with Crippen LogP contribution in [0.1, 0.15) is 25.3 Å². The maximum Gasteiger partial charge on any atom is 0.325 e. The molecular formula is C17H20FN3O3. The minimum Gasteiger partial charge on any atom is -0.344 e. The van der Waals surface area contributed by atoms with Gasteiger partial charge in [0.1, 0.15) is 17.9 Å². The maximum atomic E-state index is 14.1. The quantitative estimate of drug-likeness (QED) is 0.830. The van der Waals surface area contributed by atoms with Gasteiger partial charge in [-0.15, -0.1) is 0 Å². The Balaban J connectivity index is 1.76. The fourth-order valence-corrected chi connectivity index (χ4v) is 2.94. The van der Waals surface area contributed by atoms with Crippen molar-refractivity contribution in [1.82, 2.24) is 15.1 Å². The Bertz CT molecular complexity index is 704. The first-order valence-corrected chi connectivity index (χ1v) is 7.96. The van der Waals surface area contributed by atoms with Crippen LogP contribution in [0, 0.1) is 11.7 Å². The van der Waals surface area contributed by atoms with Gasteiger partial charge in [-0.1, -0.05) is 18.2 Å². The molecular weight excluding hydrogens is 313 g/mol. The lowest BCUT2D eigenvalue weighted by molar-refractivity contribution is -0.138. The van der Waals surface area contributed by atoms with Crippen molar-refractivity contribution in [1.29, 1.82) is 0 Å². The van der Waals surface area contributed by atoms with Gasteiger partial charge in [-0.05, 0) is 31.7 Å². The van der Waals surface area contributed by atoms with E-state index in [1.165, 1.54) is 30.0 Å². The largest absolute Gasteiger partial charge is 0.344 e. The van der Waals surface area contributed by atoms with Crippen LogP contribution in [-0.4, -0.2) is 47.8 Å². The van der Waals surface area contributed by atoms with Crippen LogP contribution in [0.25, 0.3) is 0 Å². The zero-order valence-electron chi connectivity index (χ0n) is 13.7. The Labute approximate surface area is 139 Å². The Morgan fingerprint density at radius 2 is 2.04 bits per heavy atom. The summed E-state index contributed by atoms with van der Waals surface area (Å²) in [5.41, 5.74) is -1.41. The smallest absolute Gasteiger partial charge is 0.325 e. The highest BCUT2D eigenvalue weighted by molar-refractivity contribution is 6.09. The van der Waals surface area contributed by atoms with Crippen LogP contribution in [0.15, 0.2) is 24.3 Å². The molecule has 1 aromatic rings. The molecule has 7 heteroatoms. The normalized spacial score (nSPS) is 23.4. The number of hydrogen-bond donors (Lipinski definition) is 1. The summed E-state index contributed by atoms with van der Waals surface area (Å²) in [6.07, 6.45) is 2.21. The Morgan fingerprint density at radius 1 is 1.38 bits per heavy atom. The molecule has 1 aromatic carbocycles. The highest BCUT2D eigenvalue weighted by Crippen LogP contribution is 2.31. The number of carbonyl (C=O) groups excluding carboxylic acids is 3. The average Bonchev–Trinajstić information content (AvgIpc) is 3.32. The summed E-state index contributed by atoms with van der Waals surface area (Å²) in [6.45, 7) is 1.75. The van der Waals surface area contributed by atoms with Crippen LogP contribution in [0.5, 0.6) is 0 Å². The molecule has 1 unspecified atom stereocenters. The summed E-state index contributed by atoms with van der Waals surface area (Å²) in [7, 11) is 1.66. The predicted octanol–water partition coefficient (Wildman–Crippen LogP) is 1.46. The minimum absolute atomic E-state index is 0.0876. The third-order valence-electron chi connectivity index (χ3n) is 4.64. The molecule has 24 heavy (non-hydrogen) atoms. The van der Waals surface area contributed by atoms with Crippen molar-refractivity contribution in [2.24, 2.45) is 5.92 Å². The fraction of sp³-hybridized carbons (Fsp3) is 0.471. The van der Waals surface area contributed by atoms with Crippen LogP contribution in [-0.2, 0) is 15.1 Å². The Hall–Kier alpha value is -2.44. The van der Waals surface area contributed by atoms with Gasteiger partial charge < -0.3 is 10.2 Å². The molecule has 1 atom stereocenters.